The van der Waals surface area contributed by atoms with Crippen molar-refractivity contribution in [1.29, 1.82) is 0 Å². The van der Waals surface area contributed by atoms with E-state index >= 15 is 0 Å². The first kappa shape index (κ1) is 7.64. The summed E-state index contributed by atoms with van der Waals surface area (Å²) in [5.74, 6) is 0.637. The maximum Gasteiger partial charge on any atom is 0.250 e. The quantitative estimate of drug-likeness (QED) is 0.696. The maximum atomic E-state index is 4.42. The maximum absolute atomic E-state index is 4.42. The van der Waals surface area contributed by atoms with E-state index in [1.54, 1.807) is 10.9 Å². The lowest BCUT2D eigenvalue weighted by Gasteiger charge is -2.01. The zero-order chi connectivity index (χ0) is 9.38. The summed E-state index contributed by atoms with van der Waals surface area (Å²) in [5.41, 5.74) is 2.26. The molecule has 0 unspecified atom stereocenters. The molecule has 0 atom stereocenters. The fourth-order valence-electron chi connectivity index (χ4n) is 1.55. The summed E-state index contributed by atoms with van der Waals surface area (Å²) in [5, 5.41) is 7.31. The van der Waals surface area contributed by atoms with Crippen molar-refractivity contribution in [3.05, 3.63) is 35.9 Å². The van der Waals surface area contributed by atoms with Gasteiger partial charge in [-0.2, -0.15) is 5.10 Å². The zero-order valence-electron chi connectivity index (χ0n) is 7.51. The summed E-state index contributed by atoms with van der Waals surface area (Å²) in [7, 11) is 0. The molecule has 2 aromatic heterocycles. The molecule has 0 bridgehead atoms. The van der Waals surface area contributed by atoms with Crippen molar-refractivity contribution in [2.24, 2.45) is 0 Å². The molecular weight excluding hydrogens is 178 g/mol. The average molecular weight is 187 g/mol. The van der Waals surface area contributed by atoms with E-state index in [0.717, 1.165) is 18.8 Å². The van der Waals surface area contributed by atoms with Crippen LogP contribution in [0.2, 0.25) is 0 Å². The number of nitrogens with one attached hydrogen (secondary N) is 1. The van der Waals surface area contributed by atoms with Gasteiger partial charge in [-0.05, 0) is 6.07 Å². The van der Waals surface area contributed by atoms with Gasteiger partial charge in [-0.15, -0.1) is 0 Å². The van der Waals surface area contributed by atoms with Crippen molar-refractivity contribution in [1.82, 2.24) is 25.1 Å². The van der Waals surface area contributed by atoms with Crippen LogP contribution in [0, 0.1) is 0 Å². The number of hydrogen-bond acceptors (Lipinski definition) is 4. The van der Waals surface area contributed by atoms with Crippen molar-refractivity contribution in [3.63, 3.8) is 0 Å². The molecule has 2 aromatic rings. The standard InChI is InChI=1S/C9H9N5/c1-2-12-14(3-1)9-11-5-7-4-10-6-8(7)13-9/h1-3,5,10H,4,6H2. The number of aromatic nitrogens is 4. The molecule has 1 N–H and O–H groups in total. The molecule has 3 rings (SSSR count). The molecule has 5 nitrogen and oxygen atoms in total. The van der Waals surface area contributed by atoms with Gasteiger partial charge in [0.25, 0.3) is 5.95 Å². The highest BCUT2D eigenvalue weighted by Gasteiger charge is 2.13. The largest absolute Gasteiger partial charge is 0.307 e. The first-order valence-electron chi connectivity index (χ1n) is 4.49. The van der Waals surface area contributed by atoms with Gasteiger partial charge in [-0.25, -0.2) is 14.6 Å². The van der Waals surface area contributed by atoms with Gasteiger partial charge in [0, 0.05) is 37.2 Å². The van der Waals surface area contributed by atoms with Crippen LogP contribution in [0.4, 0.5) is 0 Å². The van der Waals surface area contributed by atoms with E-state index in [9.17, 15) is 0 Å². The fourth-order valence-corrected chi connectivity index (χ4v) is 1.55. The van der Waals surface area contributed by atoms with E-state index in [1.165, 1.54) is 5.56 Å². The zero-order valence-corrected chi connectivity index (χ0v) is 7.51. The van der Waals surface area contributed by atoms with Crippen molar-refractivity contribution in [2.75, 3.05) is 0 Å². The third kappa shape index (κ3) is 1.10. The molecule has 0 amide bonds. The molecule has 0 fully saturated rings. The highest BCUT2D eigenvalue weighted by Crippen LogP contribution is 2.12. The third-order valence-electron chi connectivity index (χ3n) is 2.26. The summed E-state index contributed by atoms with van der Waals surface area (Å²) in [4.78, 5) is 8.66. The Hall–Kier alpha value is -1.75. The van der Waals surface area contributed by atoms with Gasteiger partial charge >= 0.3 is 0 Å². The predicted octanol–water partition coefficient (Wildman–Crippen LogP) is 0.265. The van der Waals surface area contributed by atoms with Crippen LogP contribution < -0.4 is 5.32 Å². The molecule has 3 heterocycles. The van der Waals surface area contributed by atoms with E-state index < -0.39 is 0 Å². The molecule has 0 saturated carbocycles. The second-order valence-electron chi connectivity index (χ2n) is 3.20. The van der Waals surface area contributed by atoms with Crippen molar-refractivity contribution in [3.8, 4) is 5.95 Å². The molecule has 0 radical (unpaired) electrons. The summed E-state index contributed by atoms with van der Waals surface area (Å²) in [6.07, 6.45) is 5.41. The molecule has 0 spiro atoms. The van der Waals surface area contributed by atoms with E-state index in [0.29, 0.717) is 5.95 Å². The highest BCUT2D eigenvalue weighted by molar-refractivity contribution is 5.25. The fraction of sp³-hybridized carbons (Fsp3) is 0.222. The minimum atomic E-state index is 0.637. The number of fused-ring (bicyclic) bond motifs is 1. The van der Waals surface area contributed by atoms with Gasteiger partial charge < -0.3 is 5.32 Å². The number of rotatable bonds is 1. The Labute approximate surface area is 80.8 Å². The van der Waals surface area contributed by atoms with Crippen LogP contribution in [-0.2, 0) is 13.1 Å². The Morgan fingerprint density at radius 2 is 2.36 bits per heavy atom. The minimum absolute atomic E-state index is 0.637. The summed E-state index contributed by atoms with van der Waals surface area (Å²) < 4.78 is 1.67. The molecule has 5 heteroatoms. The van der Waals surface area contributed by atoms with Gasteiger partial charge in [0.1, 0.15) is 0 Å². The van der Waals surface area contributed by atoms with E-state index in [-0.39, 0.29) is 0 Å². The van der Waals surface area contributed by atoms with Crippen LogP contribution in [0.1, 0.15) is 11.3 Å². The van der Waals surface area contributed by atoms with Gasteiger partial charge in [0.2, 0.25) is 0 Å². The molecule has 0 aromatic carbocycles. The van der Waals surface area contributed by atoms with Crippen LogP contribution in [0.15, 0.2) is 24.7 Å². The third-order valence-corrected chi connectivity index (χ3v) is 2.26. The smallest absolute Gasteiger partial charge is 0.250 e. The van der Waals surface area contributed by atoms with Gasteiger partial charge in [-0.1, -0.05) is 0 Å². The molecular formula is C9H9N5. The Morgan fingerprint density at radius 1 is 1.36 bits per heavy atom. The molecule has 70 valence electrons. The van der Waals surface area contributed by atoms with Crippen LogP contribution in [0.3, 0.4) is 0 Å². The number of nitrogens with zero attached hydrogens (tertiary/aromatic N) is 4. The Kier molecular flexibility index (Phi) is 1.57. The first-order chi connectivity index (χ1) is 6.93. The lowest BCUT2D eigenvalue weighted by Crippen LogP contribution is -2.04. The van der Waals surface area contributed by atoms with Crippen molar-refractivity contribution >= 4 is 0 Å². The lowest BCUT2D eigenvalue weighted by molar-refractivity contribution is 0.752. The highest BCUT2D eigenvalue weighted by atomic mass is 15.3. The molecule has 14 heavy (non-hydrogen) atoms. The Balaban J connectivity index is 2.09. The SMILES string of the molecule is c1cnn(-c2ncc3c(n2)CNC3)c1. The summed E-state index contributed by atoms with van der Waals surface area (Å²) in [6, 6.07) is 1.86. The molecule has 0 aliphatic carbocycles. The first-order valence-corrected chi connectivity index (χ1v) is 4.49. The van der Waals surface area contributed by atoms with Crippen LogP contribution in [-0.4, -0.2) is 19.7 Å². The van der Waals surface area contributed by atoms with E-state index in [4.69, 9.17) is 0 Å². The lowest BCUT2D eigenvalue weighted by atomic mass is 10.3. The van der Waals surface area contributed by atoms with Gasteiger partial charge in [0.05, 0.1) is 5.69 Å². The van der Waals surface area contributed by atoms with Crippen molar-refractivity contribution in [2.45, 2.75) is 13.1 Å². The Morgan fingerprint density at radius 3 is 3.21 bits per heavy atom. The van der Waals surface area contributed by atoms with Crippen LogP contribution in [0.5, 0.6) is 0 Å². The Bertz CT molecular complexity index is 448. The second-order valence-corrected chi connectivity index (χ2v) is 3.20. The monoisotopic (exact) mass is 187 g/mol. The van der Waals surface area contributed by atoms with Gasteiger partial charge in [-0.3, -0.25) is 0 Å². The van der Waals surface area contributed by atoms with E-state index in [2.05, 4.69) is 20.4 Å². The summed E-state index contributed by atoms with van der Waals surface area (Å²) >= 11 is 0. The second kappa shape index (κ2) is 2.88. The topological polar surface area (TPSA) is 55.6 Å². The normalized spacial score (nSPS) is 14.3. The number of hydrogen-bond donors (Lipinski definition) is 1. The predicted molar refractivity (Wildman–Crippen MR) is 49.7 cm³/mol. The van der Waals surface area contributed by atoms with Crippen LogP contribution in [0.25, 0.3) is 5.95 Å². The van der Waals surface area contributed by atoms with E-state index in [1.807, 2.05) is 18.5 Å². The summed E-state index contributed by atoms with van der Waals surface area (Å²) in [6.45, 7) is 1.70. The van der Waals surface area contributed by atoms with Crippen LogP contribution >= 0.6 is 0 Å². The molecule has 0 saturated heterocycles. The molecule has 1 aliphatic rings. The minimum Gasteiger partial charge on any atom is -0.307 e. The van der Waals surface area contributed by atoms with Crippen molar-refractivity contribution < 1.29 is 0 Å². The van der Waals surface area contributed by atoms with Gasteiger partial charge in [0.15, 0.2) is 0 Å². The molecule has 1 aliphatic heterocycles. The average Bonchev–Trinajstić information content (AvgIpc) is 2.88.